The molecule has 144 valence electrons. The minimum absolute atomic E-state index is 0.00193. The first-order chi connectivity index (χ1) is 12.7. The summed E-state index contributed by atoms with van der Waals surface area (Å²) in [5, 5.41) is 13.7. The molecule has 1 aromatic rings. The number of benzene rings is 1. The second-order valence-corrected chi connectivity index (χ2v) is 7.84. The maximum atomic E-state index is 12.1. The van der Waals surface area contributed by atoms with Crippen LogP contribution in [0.2, 0.25) is 5.02 Å². The Morgan fingerprint density at radius 3 is 2.62 bits per heavy atom. The Morgan fingerprint density at radius 2 is 1.96 bits per heavy atom. The maximum absolute atomic E-state index is 12.1. The zero-order valence-corrected chi connectivity index (χ0v) is 16.1. The van der Waals surface area contributed by atoms with Crippen LogP contribution in [0.15, 0.2) is 24.3 Å². The number of amides is 1. The van der Waals surface area contributed by atoms with Gasteiger partial charge in [0.15, 0.2) is 0 Å². The number of carbonyl (C=O) groups excluding carboxylic acids is 1. The van der Waals surface area contributed by atoms with Gasteiger partial charge < -0.3 is 10.4 Å². The molecule has 2 aliphatic rings. The van der Waals surface area contributed by atoms with Gasteiger partial charge in [0, 0.05) is 50.2 Å². The van der Waals surface area contributed by atoms with Crippen molar-refractivity contribution in [2.75, 3.05) is 45.9 Å². The number of halogens is 1. The van der Waals surface area contributed by atoms with Crippen LogP contribution in [0.5, 0.6) is 0 Å². The molecule has 1 aliphatic heterocycles. The first kappa shape index (κ1) is 19.6. The molecule has 0 spiro atoms. The lowest BCUT2D eigenvalue weighted by atomic mass is 10.1. The van der Waals surface area contributed by atoms with Crippen molar-refractivity contribution in [3.8, 4) is 0 Å². The molecule has 26 heavy (non-hydrogen) atoms. The summed E-state index contributed by atoms with van der Waals surface area (Å²) in [4.78, 5) is 16.8. The number of hydrogen-bond donors (Lipinski definition) is 2. The number of aliphatic hydroxyl groups is 1. The van der Waals surface area contributed by atoms with Crippen LogP contribution < -0.4 is 5.32 Å². The topological polar surface area (TPSA) is 55.8 Å². The molecular formula is C20H30ClN3O2. The molecule has 3 rings (SSSR count). The summed E-state index contributed by atoms with van der Waals surface area (Å²) >= 11 is 6.09. The monoisotopic (exact) mass is 379 g/mol. The molecule has 1 saturated carbocycles. The van der Waals surface area contributed by atoms with Crippen molar-refractivity contribution in [3.05, 3.63) is 34.9 Å². The van der Waals surface area contributed by atoms with Crippen LogP contribution >= 0.6 is 11.6 Å². The molecule has 2 N–H and O–H groups in total. The van der Waals surface area contributed by atoms with E-state index in [2.05, 4.69) is 15.1 Å². The van der Waals surface area contributed by atoms with Crippen LogP contribution in [0, 0.1) is 5.92 Å². The van der Waals surface area contributed by atoms with E-state index in [0.29, 0.717) is 5.02 Å². The van der Waals surface area contributed by atoms with E-state index in [0.717, 1.165) is 57.7 Å². The fourth-order valence-corrected chi connectivity index (χ4v) is 4.31. The van der Waals surface area contributed by atoms with Gasteiger partial charge in [-0.3, -0.25) is 14.6 Å². The van der Waals surface area contributed by atoms with Crippen LogP contribution in [-0.4, -0.2) is 66.7 Å². The Bertz CT molecular complexity index is 584. The van der Waals surface area contributed by atoms with Gasteiger partial charge >= 0.3 is 0 Å². The number of piperazine rings is 1. The van der Waals surface area contributed by atoms with E-state index in [4.69, 9.17) is 11.6 Å². The number of hydrogen-bond acceptors (Lipinski definition) is 4. The van der Waals surface area contributed by atoms with Gasteiger partial charge in [0.25, 0.3) is 0 Å². The van der Waals surface area contributed by atoms with Crippen molar-refractivity contribution in [1.82, 2.24) is 15.1 Å². The highest BCUT2D eigenvalue weighted by atomic mass is 35.5. The number of carbonyl (C=O) groups is 1. The van der Waals surface area contributed by atoms with Crippen molar-refractivity contribution >= 4 is 17.5 Å². The van der Waals surface area contributed by atoms with Gasteiger partial charge in [0.2, 0.25) is 5.91 Å². The predicted molar refractivity (Wildman–Crippen MR) is 104 cm³/mol. The number of aliphatic hydroxyl groups excluding tert-OH is 1. The van der Waals surface area contributed by atoms with Crippen LogP contribution in [0.1, 0.15) is 37.3 Å². The molecule has 6 heteroatoms. The zero-order valence-electron chi connectivity index (χ0n) is 15.4. The predicted octanol–water partition coefficient (Wildman–Crippen LogP) is 2.30. The van der Waals surface area contributed by atoms with Gasteiger partial charge in [-0.15, -0.1) is 0 Å². The summed E-state index contributed by atoms with van der Waals surface area (Å²) in [5.41, 5.74) is 1.07. The highest BCUT2D eigenvalue weighted by Crippen LogP contribution is 2.25. The normalized spacial score (nSPS) is 21.0. The van der Waals surface area contributed by atoms with Crippen molar-refractivity contribution in [2.45, 2.75) is 31.7 Å². The molecular weight excluding hydrogens is 350 g/mol. The Morgan fingerprint density at radius 1 is 1.23 bits per heavy atom. The van der Waals surface area contributed by atoms with Crippen molar-refractivity contribution < 1.29 is 9.90 Å². The minimum atomic E-state index is -0.00193. The molecule has 1 atom stereocenters. The molecule has 1 heterocycles. The summed E-state index contributed by atoms with van der Waals surface area (Å²) in [6.45, 7) is 5.45. The third-order valence-corrected chi connectivity index (χ3v) is 5.94. The fraction of sp³-hybridized carbons (Fsp3) is 0.650. The molecule has 1 amide bonds. The van der Waals surface area contributed by atoms with Gasteiger partial charge in [-0.05, 0) is 30.5 Å². The average Bonchev–Trinajstić information content (AvgIpc) is 3.18. The molecule has 0 unspecified atom stereocenters. The second kappa shape index (κ2) is 9.70. The summed E-state index contributed by atoms with van der Waals surface area (Å²) in [6, 6.07) is 7.75. The summed E-state index contributed by atoms with van der Waals surface area (Å²) in [7, 11) is 0. The SMILES string of the molecule is O=C(NCCN1CCN([C@H](CO)c2cccc(Cl)c2)CC1)C1CCCC1. The summed E-state index contributed by atoms with van der Waals surface area (Å²) in [5.74, 6) is 0.484. The Balaban J connectivity index is 1.41. The van der Waals surface area contributed by atoms with E-state index in [1.165, 1.54) is 12.8 Å². The third-order valence-electron chi connectivity index (χ3n) is 5.71. The number of nitrogens with zero attached hydrogens (tertiary/aromatic N) is 2. The van der Waals surface area contributed by atoms with E-state index in [-0.39, 0.29) is 24.5 Å². The van der Waals surface area contributed by atoms with Gasteiger partial charge in [0.1, 0.15) is 0 Å². The van der Waals surface area contributed by atoms with Crippen molar-refractivity contribution in [1.29, 1.82) is 0 Å². The smallest absolute Gasteiger partial charge is 0.223 e. The van der Waals surface area contributed by atoms with Crippen molar-refractivity contribution in [3.63, 3.8) is 0 Å². The maximum Gasteiger partial charge on any atom is 0.223 e. The van der Waals surface area contributed by atoms with Crippen LogP contribution in [0.3, 0.4) is 0 Å². The molecule has 0 radical (unpaired) electrons. The molecule has 1 aliphatic carbocycles. The van der Waals surface area contributed by atoms with Crippen molar-refractivity contribution in [2.24, 2.45) is 5.92 Å². The van der Waals surface area contributed by atoms with Gasteiger partial charge in [0.05, 0.1) is 12.6 Å². The van der Waals surface area contributed by atoms with Gasteiger partial charge in [-0.25, -0.2) is 0 Å². The van der Waals surface area contributed by atoms with E-state index < -0.39 is 0 Å². The molecule has 0 bridgehead atoms. The largest absolute Gasteiger partial charge is 0.394 e. The van der Waals surface area contributed by atoms with Gasteiger partial charge in [-0.1, -0.05) is 36.6 Å². The molecule has 5 nitrogen and oxygen atoms in total. The lowest BCUT2D eigenvalue weighted by molar-refractivity contribution is -0.124. The Kier molecular flexibility index (Phi) is 7.32. The second-order valence-electron chi connectivity index (χ2n) is 7.40. The average molecular weight is 380 g/mol. The molecule has 1 saturated heterocycles. The lowest BCUT2D eigenvalue weighted by Gasteiger charge is -2.39. The zero-order chi connectivity index (χ0) is 18.4. The number of nitrogens with one attached hydrogen (secondary N) is 1. The first-order valence-corrected chi connectivity index (χ1v) is 10.2. The highest BCUT2D eigenvalue weighted by molar-refractivity contribution is 6.30. The van der Waals surface area contributed by atoms with Gasteiger partial charge in [-0.2, -0.15) is 0 Å². The van der Waals surface area contributed by atoms with E-state index in [1.807, 2.05) is 24.3 Å². The van der Waals surface area contributed by atoms with E-state index in [1.54, 1.807) is 0 Å². The molecule has 2 fully saturated rings. The standard InChI is InChI=1S/C20H30ClN3O2/c21-18-7-3-6-17(14-18)19(15-25)24-12-10-23(11-13-24)9-8-22-20(26)16-4-1-2-5-16/h3,6-7,14,16,19,25H,1-2,4-5,8-13,15H2,(H,22,26)/t19-/m1/s1. The van der Waals surface area contributed by atoms with Crippen LogP contribution in [-0.2, 0) is 4.79 Å². The fourth-order valence-electron chi connectivity index (χ4n) is 4.11. The first-order valence-electron chi connectivity index (χ1n) is 9.78. The third kappa shape index (κ3) is 5.19. The van der Waals surface area contributed by atoms with E-state index >= 15 is 0 Å². The summed E-state index contributed by atoms with van der Waals surface area (Å²) < 4.78 is 0. The number of rotatable bonds is 7. The Hall–Kier alpha value is -1.14. The Labute approximate surface area is 161 Å². The highest BCUT2D eigenvalue weighted by Gasteiger charge is 2.25. The quantitative estimate of drug-likeness (QED) is 0.763. The van der Waals surface area contributed by atoms with E-state index in [9.17, 15) is 9.90 Å². The summed E-state index contributed by atoms with van der Waals surface area (Å²) in [6.07, 6.45) is 4.49. The molecule has 0 aromatic heterocycles. The molecule has 1 aromatic carbocycles. The van der Waals surface area contributed by atoms with Crippen LogP contribution in [0.25, 0.3) is 0 Å². The minimum Gasteiger partial charge on any atom is -0.394 e. The van der Waals surface area contributed by atoms with Crippen LogP contribution in [0.4, 0.5) is 0 Å². The lowest BCUT2D eigenvalue weighted by Crippen LogP contribution is -2.50.